The summed E-state index contributed by atoms with van der Waals surface area (Å²) in [5, 5.41) is 0. The second kappa shape index (κ2) is 38.8. The first-order valence-corrected chi connectivity index (χ1v) is 23.4. The third-order valence-electron chi connectivity index (χ3n) is 9.88. The molecule has 0 aromatic carbocycles. The van der Waals surface area contributed by atoms with Crippen LogP contribution in [-0.2, 0) is 28.2 Å². The molecule has 0 fully saturated rings. The molecular formula is C42H83O8P. The minimum Gasteiger partial charge on any atom is -0.462 e. The van der Waals surface area contributed by atoms with E-state index in [0.29, 0.717) is 6.42 Å². The highest BCUT2D eigenvalue weighted by atomic mass is 31.2. The first kappa shape index (κ1) is 50.1. The zero-order valence-electron chi connectivity index (χ0n) is 33.5. The fourth-order valence-corrected chi connectivity index (χ4v) is 6.97. The van der Waals surface area contributed by atoms with Gasteiger partial charge >= 0.3 is 19.8 Å². The number of phosphoric ester groups is 1. The van der Waals surface area contributed by atoms with Gasteiger partial charge in [-0.25, -0.2) is 4.57 Å². The number of esters is 2. The fourth-order valence-electron chi connectivity index (χ4n) is 6.61. The van der Waals surface area contributed by atoms with E-state index in [2.05, 4.69) is 18.4 Å². The van der Waals surface area contributed by atoms with Crippen LogP contribution in [0.3, 0.4) is 0 Å². The molecule has 2 N–H and O–H groups in total. The minimum absolute atomic E-state index is 0.220. The average molecular weight is 747 g/mol. The summed E-state index contributed by atoms with van der Waals surface area (Å²) in [7, 11) is -4.75. The standard InChI is InChI=1S/C42H83O8P/c1-3-5-7-9-11-13-15-17-19-20-21-22-23-25-27-29-31-33-35-37-42(44)50-40(39-49-51(45,46)47)38-48-41(43)36-34-32-30-28-26-24-18-16-14-12-10-8-6-4-2/h40H,3-39H2,1-2H3,(H2,45,46,47)/t40-/m1/s1. The molecule has 0 heterocycles. The van der Waals surface area contributed by atoms with Crippen LogP contribution in [0.4, 0.5) is 0 Å². The van der Waals surface area contributed by atoms with Crippen molar-refractivity contribution in [3.05, 3.63) is 0 Å². The second-order valence-electron chi connectivity index (χ2n) is 15.0. The summed E-state index contributed by atoms with van der Waals surface area (Å²) in [5.41, 5.74) is 0. The summed E-state index contributed by atoms with van der Waals surface area (Å²) >= 11 is 0. The summed E-state index contributed by atoms with van der Waals surface area (Å²) in [4.78, 5) is 42.9. The molecule has 0 saturated carbocycles. The number of hydrogen-bond acceptors (Lipinski definition) is 6. The number of carbonyl (C=O) groups is 2. The lowest BCUT2D eigenvalue weighted by molar-refractivity contribution is -0.161. The summed E-state index contributed by atoms with van der Waals surface area (Å²) < 4.78 is 26.4. The SMILES string of the molecule is CCCCCCCCCCCCCCCCCCCCCC(=O)O[C@H](COC(=O)CCCCCCCCCCCCCCCC)COP(=O)(O)O. The predicted molar refractivity (Wildman–Crippen MR) is 212 cm³/mol. The van der Waals surface area contributed by atoms with Crippen LogP contribution in [0.25, 0.3) is 0 Å². The molecule has 0 aromatic rings. The molecule has 0 saturated heterocycles. The molecule has 0 aromatic heterocycles. The van der Waals surface area contributed by atoms with Crippen LogP contribution in [0.1, 0.15) is 239 Å². The fraction of sp³-hybridized carbons (Fsp3) is 0.952. The van der Waals surface area contributed by atoms with Crippen molar-refractivity contribution in [1.82, 2.24) is 0 Å². The molecule has 9 heteroatoms. The van der Waals surface area contributed by atoms with Crippen molar-refractivity contribution in [3.63, 3.8) is 0 Å². The van der Waals surface area contributed by atoms with E-state index in [1.807, 2.05) is 0 Å². The molecule has 0 bridgehead atoms. The topological polar surface area (TPSA) is 119 Å². The Morgan fingerprint density at radius 1 is 0.431 bits per heavy atom. The Kier molecular flexibility index (Phi) is 38.0. The van der Waals surface area contributed by atoms with Crippen LogP contribution >= 0.6 is 7.82 Å². The Balaban J connectivity index is 3.83. The summed E-state index contributed by atoms with van der Waals surface area (Å²) in [5.74, 6) is -0.866. The van der Waals surface area contributed by atoms with Gasteiger partial charge in [-0.05, 0) is 12.8 Å². The number of ether oxygens (including phenoxy) is 2. The van der Waals surface area contributed by atoms with Gasteiger partial charge in [-0.1, -0.05) is 213 Å². The van der Waals surface area contributed by atoms with E-state index in [0.717, 1.165) is 32.1 Å². The van der Waals surface area contributed by atoms with E-state index in [-0.39, 0.29) is 19.4 Å². The van der Waals surface area contributed by atoms with Crippen molar-refractivity contribution in [2.75, 3.05) is 13.2 Å². The van der Waals surface area contributed by atoms with Crippen LogP contribution < -0.4 is 0 Å². The summed E-state index contributed by atoms with van der Waals surface area (Å²) in [6.07, 6.45) is 41.1. The van der Waals surface area contributed by atoms with Gasteiger partial charge in [0.1, 0.15) is 6.61 Å². The Morgan fingerprint density at radius 3 is 1.00 bits per heavy atom. The van der Waals surface area contributed by atoms with Crippen molar-refractivity contribution in [1.29, 1.82) is 0 Å². The van der Waals surface area contributed by atoms with Gasteiger partial charge in [0.2, 0.25) is 0 Å². The maximum absolute atomic E-state index is 12.4. The van der Waals surface area contributed by atoms with Gasteiger partial charge in [-0.15, -0.1) is 0 Å². The van der Waals surface area contributed by atoms with Gasteiger partial charge in [0.05, 0.1) is 6.61 Å². The number of carbonyl (C=O) groups excluding carboxylic acids is 2. The van der Waals surface area contributed by atoms with Crippen molar-refractivity contribution < 1.29 is 37.9 Å². The largest absolute Gasteiger partial charge is 0.469 e. The first-order valence-electron chi connectivity index (χ1n) is 21.8. The molecule has 304 valence electrons. The molecule has 1 atom stereocenters. The molecule has 0 radical (unpaired) electrons. The van der Waals surface area contributed by atoms with Gasteiger partial charge in [0.15, 0.2) is 6.10 Å². The van der Waals surface area contributed by atoms with Crippen LogP contribution in [0.5, 0.6) is 0 Å². The quantitative estimate of drug-likeness (QED) is 0.0360. The Bertz CT molecular complexity index is 802. The lowest BCUT2D eigenvalue weighted by Crippen LogP contribution is -2.29. The van der Waals surface area contributed by atoms with Gasteiger partial charge in [0.25, 0.3) is 0 Å². The zero-order valence-corrected chi connectivity index (χ0v) is 34.4. The van der Waals surface area contributed by atoms with Crippen molar-refractivity contribution >= 4 is 19.8 Å². The molecule has 0 spiro atoms. The van der Waals surface area contributed by atoms with Gasteiger partial charge in [-0.2, -0.15) is 0 Å². The lowest BCUT2D eigenvalue weighted by atomic mass is 10.0. The van der Waals surface area contributed by atoms with E-state index in [4.69, 9.17) is 19.3 Å². The zero-order chi connectivity index (χ0) is 37.5. The molecule has 8 nitrogen and oxygen atoms in total. The maximum Gasteiger partial charge on any atom is 0.469 e. The van der Waals surface area contributed by atoms with Crippen molar-refractivity contribution in [3.8, 4) is 0 Å². The van der Waals surface area contributed by atoms with Crippen LogP contribution in [0, 0.1) is 0 Å². The van der Waals surface area contributed by atoms with Gasteiger partial charge < -0.3 is 19.3 Å². The third-order valence-corrected chi connectivity index (χ3v) is 10.4. The van der Waals surface area contributed by atoms with Crippen LogP contribution in [0.2, 0.25) is 0 Å². The van der Waals surface area contributed by atoms with Crippen molar-refractivity contribution in [2.45, 2.75) is 245 Å². The van der Waals surface area contributed by atoms with E-state index in [1.54, 1.807) is 0 Å². The van der Waals surface area contributed by atoms with Crippen LogP contribution in [0.15, 0.2) is 0 Å². The molecule has 0 rings (SSSR count). The van der Waals surface area contributed by atoms with Gasteiger partial charge in [-0.3, -0.25) is 14.1 Å². The lowest BCUT2D eigenvalue weighted by Gasteiger charge is -2.18. The molecule has 0 aliphatic carbocycles. The van der Waals surface area contributed by atoms with E-state index in [9.17, 15) is 14.2 Å². The van der Waals surface area contributed by atoms with Crippen LogP contribution in [-0.4, -0.2) is 41.0 Å². The Labute approximate surface area is 315 Å². The molecule has 51 heavy (non-hydrogen) atoms. The number of hydrogen-bond donors (Lipinski definition) is 2. The van der Waals surface area contributed by atoms with E-state index in [1.165, 1.54) is 173 Å². The van der Waals surface area contributed by atoms with Crippen molar-refractivity contribution in [2.24, 2.45) is 0 Å². The third kappa shape index (κ3) is 41.7. The van der Waals surface area contributed by atoms with E-state index < -0.39 is 32.5 Å². The molecule has 0 unspecified atom stereocenters. The monoisotopic (exact) mass is 747 g/mol. The summed E-state index contributed by atoms with van der Waals surface area (Å²) in [6, 6.07) is 0. The van der Waals surface area contributed by atoms with Gasteiger partial charge in [0, 0.05) is 12.8 Å². The highest BCUT2D eigenvalue weighted by Crippen LogP contribution is 2.36. The van der Waals surface area contributed by atoms with E-state index >= 15 is 0 Å². The second-order valence-corrected chi connectivity index (χ2v) is 16.3. The minimum atomic E-state index is -4.75. The molecule has 0 aliphatic heterocycles. The smallest absolute Gasteiger partial charge is 0.462 e. The Hall–Kier alpha value is -0.950. The average Bonchev–Trinajstić information content (AvgIpc) is 3.10. The normalized spacial score (nSPS) is 12.3. The maximum atomic E-state index is 12.4. The predicted octanol–water partition coefficient (Wildman–Crippen LogP) is 13.2. The molecule has 0 aliphatic rings. The first-order chi connectivity index (χ1) is 24.8. The number of phosphoric acid groups is 1. The highest BCUT2D eigenvalue weighted by Gasteiger charge is 2.23. The highest BCUT2D eigenvalue weighted by molar-refractivity contribution is 7.46. The molecular weight excluding hydrogens is 663 g/mol. The Morgan fingerprint density at radius 2 is 0.706 bits per heavy atom. The summed E-state index contributed by atoms with van der Waals surface area (Å²) in [6.45, 7) is 3.72. The number of unbranched alkanes of at least 4 members (excludes halogenated alkanes) is 31. The number of rotatable bonds is 41. The molecule has 0 amide bonds.